The first-order chi connectivity index (χ1) is 8.53. The lowest BCUT2D eigenvalue weighted by Gasteiger charge is -2.46. The van der Waals surface area contributed by atoms with Crippen LogP contribution in [0.2, 0.25) is 0 Å². The zero-order valence-corrected chi connectivity index (χ0v) is 12.5. The van der Waals surface area contributed by atoms with Gasteiger partial charge in [0.05, 0.1) is 0 Å². The summed E-state index contributed by atoms with van der Waals surface area (Å²) in [5, 5.41) is 14.6. The van der Waals surface area contributed by atoms with E-state index in [-0.39, 0.29) is 23.3 Å². The number of amides is 2. The molecule has 0 aromatic rings. The third kappa shape index (κ3) is 4.73. The third-order valence-electron chi connectivity index (χ3n) is 3.64. The summed E-state index contributed by atoms with van der Waals surface area (Å²) in [6.45, 7) is 9.86. The van der Waals surface area contributed by atoms with Gasteiger partial charge in [0, 0.05) is 17.5 Å². The summed E-state index contributed by atoms with van der Waals surface area (Å²) in [6.07, 6.45) is 1.29. The van der Waals surface area contributed by atoms with E-state index in [2.05, 4.69) is 24.5 Å². The normalized spacial score (nSPS) is 29.9. The molecular weight excluding hydrogens is 244 g/mol. The van der Waals surface area contributed by atoms with Crippen LogP contribution < -0.4 is 10.6 Å². The molecule has 110 valence electrons. The van der Waals surface area contributed by atoms with Crippen molar-refractivity contribution >= 4 is 12.0 Å². The molecule has 3 N–H and O–H groups in total. The summed E-state index contributed by atoms with van der Waals surface area (Å²) < 4.78 is 0. The van der Waals surface area contributed by atoms with E-state index in [4.69, 9.17) is 5.11 Å². The van der Waals surface area contributed by atoms with Crippen molar-refractivity contribution in [1.29, 1.82) is 0 Å². The third-order valence-corrected chi connectivity index (χ3v) is 3.64. The van der Waals surface area contributed by atoms with E-state index in [1.807, 2.05) is 20.8 Å². The minimum absolute atomic E-state index is 0.00434. The Bertz CT molecular complexity index is 366. The topological polar surface area (TPSA) is 78.4 Å². The van der Waals surface area contributed by atoms with Gasteiger partial charge >= 0.3 is 6.09 Å². The molecule has 0 aromatic carbocycles. The predicted octanol–water partition coefficient (Wildman–Crippen LogP) is 2.36. The van der Waals surface area contributed by atoms with Gasteiger partial charge in [0.1, 0.15) is 0 Å². The van der Waals surface area contributed by atoms with E-state index >= 15 is 0 Å². The molecule has 1 rings (SSSR count). The van der Waals surface area contributed by atoms with Crippen LogP contribution in [0.4, 0.5) is 4.79 Å². The van der Waals surface area contributed by atoms with Crippen LogP contribution in [0.1, 0.15) is 53.9 Å². The Morgan fingerprint density at radius 2 is 1.79 bits per heavy atom. The molecule has 0 radical (unpaired) electrons. The van der Waals surface area contributed by atoms with Crippen LogP contribution in [0.15, 0.2) is 0 Å². The van der Waals surface area contributed by atoms with Crippen LogP contribution in [0.3, 0.4) is 0 Å². The van der Waals surface area contributed by atoms with Crippen molar-refractivity contribution in [2.24, 2.45) is 11.3 Å². The molecule has 0 aromatic heterocycles. The number of carbonyl (C=O) groups is 2. The van der Waals surface area contributed by atoms with E-state index in [9.17, 15) is 9.59 Å². The van der Waals surface area contributed by atoms with E-state index in [1.165, 1.54) is 0 Å². The largest absolute Gasteiger partial charge is 0.465 e. The highest BCUT2D eigenvalue weighted by atomic mass is 16.4. The lowest BCUT2D eigenvalue weighted by atomic mass is 9.66. The van der Waals surface area contributed by atoms with Crippen LogP contribution in [-0.2, 0) is 4.79 Å². The van der Waals surface area contributed by atoms with Crippen LogP contribution in [0.25, 0.3) is 0 Å². The Balaban J connectivity index is 2.79. The molecule has 0 aliphatic heterocycles. The van der Waals surface area contributed by atoms with Gasteiger partial charge in [-0.3, -0.25) is 4.79 Å². The molecule has 2 amide bonds. The first-order valence-corrected chi connectivity index (χ1v) is 6.84. The summed E-state index contributed by atoms with van der Waals surface area (Å²) in [5.74, 6) is -0.0240. The van der Waals surface area contributed by atoms with Gasteiger partial charge in [-0.1, -0.05) is 27.7 Å². The van der Waals surface area contributed by atoms with Gasteiger partial charge in [0.2, 0.25) is 5.91 Å². The van der Waals surface area contributed by atoms with Crippen LogP contribution in [-0.4, -0.2) is 28.7 Å². The monoisotopic (exact) mass is 270 g/mol. The Hall–Kier alpha value is -1.26. The molecule has 1 aliphatic rings. The number of nitrogens with one attached hydrogen (secondary N) is 2. The smallest absolute Gasteiger partial charge is 0.405 e. The molecule has 1 fully saturated rings. The van der Waals surface area contributed by atoms with Crippen molar-refractivity contribution < 1.29 is 14.7 Å². The second-order valence-corrected chi connectivity index (χ2v) is 7.10. The minimum Gasteiger partial charge on any atom is -0.465 e. The van der Waals surface area contributed by atoms with Crippen molar-refractivity contribution in [1.82, 2.24) is 10.6 Å². The lowest BCUT2D eigenvalue weighted by Crippen LogP contribution is -2.57. The molecule has 19 heavy (non-hydrogen) atoms. The zero-order valence-electron chi connectivity index (χ0n) is 12.5. The average molecular weight is 270 g/mol. The fourth-order valence-corrected chi connectivity index (χ4v) is 3.31. The Labute approximate surface area is 115 Å². The Morgan fingerprint density at radius 1 is 1.21 bits per heavy atom. The van der Waals surface area contributed by atoms with Crippen molar-refractivity contribution in [2.75, 3.05) is 0 Å². The van der Waals surface area contributed by atoms with Gasteiger partial charge in [-0.15, -0.1) is 0 Å². The fraction of sp³-hybridized carbons (Fsp3) is 0.857. The quantitative estimate of drug-likeness (QED) is 0.736. The Kier molecular flexibility index (Phi) is 4.48. The number of rotatable bonds is 3. The van der Waals surface area contributed by atoms with Crippen LogP contribution in [0, 0.1) is 11.3 Å². The summed E-state index contributed by atoms with van der Waals surface area (Å²) in [4.78, 5) is 22.7. The Morgan fingerprint density at radius 3 is 2.26 bits per heavy atom. The van der Waals surface area contributed by atoms with Crippen LogP contribution in [0.5, 0.6) is 0 Å². The molecule has 5 nitrogen and oxygen atoms in total. The van der Waals surface area contributed by atoms with E-state index in [0.717, 1.165) is 12.8 Å². The highest BCUT2D eigenvalue weighted by molar-refractivity contribution is 5.78. The summed E-state index contributed by atoms with van der Waals surface area (Å²) in [5.41, 5.74) is -0.479. The molecule has 2 atom stereocenters. The molecule has 1 aliphatic carbocycles. The highest BCUT2D eigenvalue weighted by Crippen LogP contribution is 2.41. The summed E-state index contributed by atoms with van der Waals surface area (Å²) in [6, 6.07) is 0.0236. The van der Waals surface area contributed by atoms with Crippen molar-refractivity contribution in [2.45, 2.75) is 65.5 Å². The molecule has 2 unspecified atom stereocenters. The van der Waals surface area contributed by atoms with Crippen molar-refractivity contribution in [3.8, 4) is 0 Å². The molecule has 0 saturated heterocycles. The standard InChI is InChI=1S/C14H26N2O3/c1-9(2)11(17)15-10-6-13(3,4)8-14(5,7-10)16-12(18)19/h9-10,16H,6-8H2,1-5H3,(H,15,17)(H,18,19). The van der Waals surface area contributed by atoms with Crippen molar-refractivity contribution in [3.05, 3.63) is 0 Å². The maximum Gasteiger partial charge on any atom is 0.405 e. The SMILES string of the molecule is CC(C)C(=O)NC1CC(C)(C)CC(C)(NC(=O)O)C1. The zero-order chi connectivity index (χ0) is 14.8. The van der Waals surface area contributed by atoms with Crippen molar-refractivity contribution in [3.63, 3.8) is 0 Å². The van der Waals surface area contributed by atoms with Gasteiger partial charge in [-0.05, 0) is 31.6 Å². The number of hydrogen-bond acceptors (Lipinski definition) is 2. The lowest BCUT2D eigenvalue weighted by molar-refractivity contribution is -0.125. The molecule has 5 heteroatoms. The number of hydrogen-bond donors (Lipinski definition) is 3. The van der Waals surface area contributed by atoms with E-state index < -0.39 is 11.6 Å². The highest BCUT2D eigenvalue weighted by Gasteiger charge is 2.42. The second kappa shape index (κ2) is 5.39. The number of carbonyl (C=O) groups excluding carboxylic acids is 1. The van der Waals surface area contributed by atoms with E-state index in [1.54, 1.807) is 0 Å². The first-order valence-electron chi connectivity index (χ1n) is 6.84. The van der Waals surface area contributed by atoms with Crippen LogP contribution >= 0.6 is 0 Å². The van der Waals surface area contributed by atoms with Gasteiger partial charge in [-0.25, -0.2) is 4.79 Å². The van der Waals surface area contributed by atoms with Gasteiger partial charge in [0.15, 0.2) is 0 Å². The van der Waals surface area contributed by atoms with Gasteiger partial charge in [0.25, 0.3) is 0 Å². The number of carboxylic acid groups (broad SMARTS) is 1. The molecule has 0 bridgehead atoms. The average Bonchev–Trinajstić information content (AvgIpc) is 2.10. The maximum absolute atomic E-state index is 11.8. The maximum atomic E-state index is 11.8. The molecule has 0 heterocycles. The summed E-state index contributed by atoms with van der Waals surface area (Å²) in [7, 11) is 0. The summed E-state index contributed by atoms with van der Waals surface area (Å²) >= 11 is 0. The first kappa shape index (κ1) is 15.8. The molecular formula is C14H26N2O3. The fourth-order valence-electron chi connectivity index (χ4n) is 3.31. The molecule has 0 spiro atoms. The van der Waals surface area contributed by atoms with E-state index in [0.29, 0.717) is 6.42 Å². The predicted molar refractivity (Wildman–Crippen MR) is 74.0 cm³/mol. The minimum atomic E-state index is -1.01. The van der Waals surface area contributed by atoms with Gasteiger partial charge < -0.3 is 15.7 Å². The molecule has 1 saturated carbocycles. The van der Waals surface area contributed by atoms with Gasteiger partial charge in [-0.2, -0.15) is 0 Å². The second-order valence-electron chi connectivity index (χ2n) is 7.10.